The highest BCUT2D eigenvalue weighted by Crippen LogP contribution is 2.17. The second-order valence-corrected chi connectivity index (χ2v) is 7.37. The van der Waals surface area contributed by atoms with E-state index in [1.54, 1.807) is 6.07 Å². The van der Waals surface area contributed by atoms with Crippen LogP contribution >= 0.6 is 0 Å². The van der Waals surface area contributed by atoms with E-state index in [1.165, 1.54) is 17.8 Å². The molecule has 0 unspecified atom stereocenters. The summed E-state index contributed by atoms with van der Waals surface area (Å²) >= 11 is 0. The number of hydrogen-bond acceptors (Lipinski definition) is 5. The summed E-state index contributed by atoms with van der Waals surface area (Å²) in [7, 11) is 0. The third-order valence-corrected chi connectivity index (χ3v) is 4.91. The van der Waals surface area contributed by atoms with E-state index in [9.17, 15) is 9.59 Å². The molecule has 1 aromatic carbocycles. The van der Waals surface area contributed by atoms with Crippen molar-refractivity contribution in [2.24, 2.45) is 0 Å². The van der Waals surface area contributed by atoms with Crippen LogP contribution < -0.4 is 10.6 Å². The highest BCUT2D eigenvalue weighted by molar-refractivity contribution is 6.04. The normalized spacial score (nSPS) is 14.6. The van der Waals surface area contributed by atoms with Gasteiger partial charge in [-0.15, -0.1) is 0 Å². The molecule has 0 spiro atoms. The van der Waals surface area contributed by atoms with Gasteiger partial charge in [-0.3, -0.25) is 19.5 Å². The van der Waals surface area contributed by atoms with Crippen molar-refractivity contribution in [3.63, 3.8) is 0 Å². The number of nitrogens with one attached hydrogen (secondary N) is 2. The van der Waals surface area contributed by atoms with Crippen LogP contribution in [0.25, 0.3) is 0 Å². The number of amides is 2. The maximum Gasteiger partial charge on any atom is 0.274 e. The molecular formula is C22H28N4O3. The molecule has 1 aromatic heterocycles. The first-order chi connectivity index (χ1) is 14.0. The molecule has 2 aromatic rings. The zero-order chi connectivity index (χ0) is 20.6. The van der Waals surface area contributed by atoms with Gasteiger partial charge in [0.2, 0.25) is 0 Å². The van der Waals surface area contributed by atoms with Crippen LogP contribution in [0.1, 0.15) is 46.2 Å². The lowest BCUT2D eigenvalue weighted by Crippen LogP contribution is -2.41. The van der Waals surface area contributed by atoms with Crippen molar-refractivity contribution in [2.75, 3.05) is 44.7 Å². The Hall–Kier alpha value is -2.77. The van der Waals surface area contributed by atoms with Crippen LogP contribution in [0.15, 0.2) is 42.6 Å². The van der Waals surface area contributed by atoms with E-state index >= 15 is 0 Å². The van der Waals surface area contributed by atoms with Gasteiger partial charge in [0.05, 0.1) is 13.2 Å². The van der Waals surface area contributed by atoms with Gasteiger partial charge >= 0.3 is 0 Å². The standard InChI is InChI=1S/C22H28N4O3/c1-16(2)17-3-5-19(6-4-17)25-22(28)20-15-18(7-8-23-20)21(27)24-9-10-26-11-13-29-14-12-26/h3-8,15-16H,9-14H2,1-2H3,(H,24,27)(H,25,28). The lowest BCUT2D eigenvalue weighted by atomic mass is 10.0. The molecule has 2 N–H and O–H groups in total. The predicted molar refractivity (Wildman–Crippen MR) is 112 cm³/mol. The fraction of sp³-hybridized carbons (Fsp3) is 0.409. The summed E-state index contributed by atoms with van der Waals surface area (Å²) in [6.45, 7) is 8.80. The second-order valence-electron chi connectivity index (χ2n) is 7.37. The van der Waals surface area contributed by atoms with E-state index in [4.69, 9.17) is 4.74 Å². The number of hydrogen-bond donors (Lipinski definition) is 2. The Morgan fingerprint density at radius 3 is 2.52 bits per heavy atom. The Balaban J connectivity index is 1.54. The number of nitrogens with zero attached hydrogens (tertiary/aromatic N) is 2. The smallest absolute Gasteiger partial charge is 0.274 e. The van der Waals surface area contributed by atoms with Crippen LogP contribution in [0.4, 0.5) is 5.69 Å². The van der Waals surface area contributed by atoms with Crippen molar-refractivity contribution in [1.82, 2.24) is 15.2 Å². The van der Waals surface area contributed by atoms with Crippen LogP contribution in [0.2, 0.25) is 0 Å². The molecule has 0 bridgehead atoms. The number of carbonyl (C=O) groups excluding carboxylic acids is 2. The van der Waals surface area contributed by atoms with Gasteiger partial charge in [0.25, 0.3) is 11.8 Å². The highest BCUT2D eigenvalue weighted by atomic mass is 16.5. The monoisotopic (exact) mass is 396 g/mol. The molecule has 7 heteroatoms. The first-order valence-corrected chi connectivity index (χ1v) is 9.98. The van der Waals surface area contributed by atoms with Gasteiger partial charge in [-0.25, -0.2) is 0 Å². The lowest BCUT2D eigenvalue weighted by molar-refractivity contribution is 0.0383. The van der Waals surface area contributed by atoms with Crippen molar-refractivity contribution in [3.05, 3.63) is 59.4 Å². The molecule has 154 valence electrons. The summed E-state index contributed by atoms with van der Waals surface area (Å²) in [6, 6.07) is 10.9. The summed E-state index contributed by atoms with van der Waals surface area (Å²) in [6.07, 6.45) is 1.48. The zero-order valence-corrected chi connectivity index (χ0v) is 17.0. The number of anilines is 1. The van der Waals surface area contributed by atoms with Crippen molar-refractivity contribution >= 4 is 17.5 Å². The first-order valence-electron chi connectivity index (χ1n) is 9.98. The maximum atomic E-state index is 12.5. The number of rotatable bonds is 7. The maximum absolute atomic E-state index is 12.5. The molecule has 3 rings (SSSR count). The van der Waals surface area contributed by atoms with Crippen LogP contribution in [0.5, 0.6) is 0 Å². The quantitative estimate of drug-likeness (QED) is 0.751. The minimum absolute atomic E-state index is 0.207. The van der Waals surface area contributed by atoms with Crippen LogP contribution in [-0.4, -0.2) is 61.1 Å². The highest BCUT2D eigenvalue weighted by Gasteiger charge is 2.14. The molecule has 0 radical (unpaired) electrons. The lowest BCUT2D eigenvalue weighted by Gasteiger charge is -2.26. The first kappa shape index (κ1) is 21.0. The Kier molecular flexibility index (Phi) is 7.32. The molecular weight excluding hydrogens is 368 g/mol. The SMILES string of the molecule is CC(C)c1ccc(NC(=O)c2cc(C(=O)NCCN3CCOCC3)ccn2)cc1. The van der Waals surface area contributed by atoms with Gasteiger partial charge in [-0.05, 0) is 35.7 Å². The molecule has 2 heterocycles. The summed E-state index contributed by atoms with van der Waals surface area (Å²) < 4.78 is 5.32. The Bertz CT molecular complexity index is 830. The molecule has 0 atom stereocenters. The van der Waals surface area contributed by atoms with Crippen molar-refractivity contribution in [1.29, 1.82) is 0 Å². The summed E-state index contributed by atoms with van der Waals surface area (Å²) in [5.41, 5.74) is 2.53. The third kappa shape index (κ3) is 6.10. The van der Waals surface area contributed by atoms with E-state index in [-0.39, 0.29) is 17.5 Å². The van der Waals surface area contributed by atoms with Crippen LogP contribution in [0, 0.1) is 0 Å². The number of ether oxygens (including phenoxy) is 1. The molecule has 1 aliphatic heterocycles. The molecule has 1 aliphatic rings. The van der Waals surface area contributed by atoms with Gasteiger partial charge in [-0.2, -0.15) is 0 Å². The number of carbonyl (C=O) groups is 2. The Morgan fingerprint density at radius 2 is 1.83 bits per heavy atom. The van der Waals surface area contributed by atoms with Gasteiger partial charge < -0.3 is 15.4 Å². The molecule has 7 nitrogen and oxygen atoms in total. The van der Waals surface area contributed by atoms with Crippen LogP contribution in [-0.2, 0) is 4.74 Å². The number of pyridine rings is 1. The Labute approximate surface area is 171 Å². The van der Waals surface area contributed by atoms with E-state index in [1.807, 2.05) is 24.3 Å². The molecule has 0 aliphatic carbocycles. The summed E-state index contributed by atoms with van der Waals surface area (Å²) in [4.78, 5) is 31.3. The second kappa shape index (κ2) is 10.1. The molecule has 2 amide bonds. The van der Waals surface area contributed by atoms with E-state index in [2.05, 4.69) is 34.4 Å². The largest absolute Gasteiger partial charge is 0.379 e. The van der Waals surface area contributed by atoms with Crippen LogP contribution in [0.3, 0.4) is 0 Å². The topological polar surface area (TPSA) is 83.6 Å². The average molecular weight is 396 g/mol. The molecule has 1 fully saturated rings. The minimum atomic E-state index is -0.342. The van der Waals surface area contributed by atoms with Gasteiger partial charge in [0.15, 0.2) is 0 Å². The van der Waals surface area contributed by atoms with E-state index in [0.717, 1.165) is 32.8 Å². The fourth-order valence-corrected chi connectivity index (χ4v) is 3.10. The number of morpholine rings is 1. The molecule has 1 saturated heterocycles. The predicted octanol–water partition coefficient (Wildman–Crippen LogP) is 2.52. The van der Waals surface area contributed by atoms with Crippen molar-refractivity contribution < 1.29 is 14.3 Å². The Morgan fingerprint density at radius 1 is 1.10 bits per heavy atom. The zero-order valence-electron chi connectivity index (χ0n) is 17.0. The summed E-state index contributed by atoms with van der Waals surface area (Å²) in [5.74, 6) is -0.124. The number of benzene rings is 1. The van der Waals surface area contributed by atoms with Gasteiger partial charge in [0.1, 0.15) is 5.69 Å². The van der Waals surface area contributed by atoms with Crippen molar-refractivity contribution in [3.8, 4) is 0 Å². The average Bonchev–Trinajstić information content (AvgIpc) is 2.75. The van der Waals surface area contributed by atoms with E-state index < -0.39 is 0 Å². The van der Waals surface area contributed by atoms with Gasteiger partial charge in [-0.1, -0.05) is 26.0 Å². The van der Waals surface area contributed by atoms with Gasteiger partial charge in [0, 0.05) is 43.6 Å². The molecule has 29 heavy (non-hydrogen) atoms. The van der Waals surface area contributed by atoms with E-state index in [0.29, 0.717) is 23.7 Å². The van der Waals surface area contributed by atoms with Crippen molar-refractivity contribution in [2.45, 2.75) is 19.8 Å². The third-order valence-electron chi connectivity index (χ3n) is 4.91. The molecule has 0 saturated carbocycles. The minimum Gasteiger partial charge on any atom is -0.379 e. The number of aromatic nitrogens is 1. The fourth-order valence-electron chi connectivity index (χ4n) is 3.10. The summed E-state index contributed by atoms with van der Waals surface area (Å²) in [5, 5.41) is 5.72.